The molecule has 6 rings (SSSR count). The molecule has 1 unspecified atom stereocenters. The Labute approximate surface area is 229 Å². The molecule has 4 heterocycles. The third-order valence-electron chi connectivity index (χ3n) is 6.92. The Bertz CT molecular complexity index is 1440. The highest BCUT2D eigenvalue weighted by atomic mass is 35.5. The van der Waals surface area contributed by atoms with E-state index < -0.39 is 0 Å². The average molecular weight is 555 g/mol. The van der Waals surface area contributed by atoms with E-state index in [4.69, 9.17) is 28.9 Å². The molecule has 3 aromatic heterocycles. The van der Waals surface area contributed by atoms with Crippen LogP contribution < -0.4 is 11.1 Å². The lowest BCUT2D eigenvalue weighted by Gasteiger charge is -2.32. The van der Waals surface area contributed by atoms with Crippen LogP contribution in [0, 0.1) is 17.8 Å². The number of fused-ring (bicyclic) bond motifs is 1. The van der Waals surface area contributed by atoms with Crippen LogP contribution in [0.5, 0.6) is 0 Å². The molecule has 2 saturated carbocycles. The maximum absolute atomic E-state index is 13.0. The minimum atomic E-state index is -0.180. The Morgan fingerprint density at radius 3 is 2.50 bits per heavy atom. The Hall–Kier alpha value is -3.43. The monoisotopic (exact) mass is 554 g/mol. The van der Waals surface area contributed by atoms with Crippen molar-refractivity contribution in [2.75, 3.05) is 18.4 Å². The number of H-pyrrole nitrogens is 1. The second kappa shape index (κ2) is 10.7. The van der Waals surface area contributed by atoms with E-state index in [-0.39, 0.29) is 45.7 Å². The van der Waals surface area contributed by atoms with Gasteiger partial charge < -0.3 is 20.9 Å². The number of primary amides is 1. The number of nitrogens with zero attached hydrogens (tertiary/aromatic N) is 3. The smallest absolute Gasteiger partial charge is 0.255 e. The molecule has 0 saturated heterocycles. The van der Waals surface area contributed by atoms with E-state index in [1.807, 2.05) is 18.3 Å². The predicted octanol–water partition coefficient (Wildman–Crippen LogP) is 4.67. The zero-order valence-electron chi connectivity index (χ0n) is 20.8. The molecule has 2 fully saturated rings. The van der Waals surface area contributed by atoms with Gasteiger partial charge in [-0.1, -0.05) is 36.2 Å². The SMILES string of the molecule is CC1CN(C(=O)c2cc(Cl)ncc2Cl)CC=C1c1cc(NC(=O)C2CC2)nc2[nH]ccc12.NC(=O)C1CC1. The molecule has 1 aliphatic heterocycles. The van der Waals surface area contributed by atoms with E-state index in [2.05, 4.69) is 33.3 Å². The maximum Gasteiger partial charge on any atom is 0.255 e. The van der Waals surface area contributed by atoms with Crippen LogP contribution >= 0.6 is 23.2 Å². The molecule has 3 amide bonds. The van der Waals surface area contributed by atoms with Crippen molar-refractivity contribution in [1.29, 1.82) is 0 Å². The Morgan fingerprint density at radius 1 is 1.13 bits per heavy atom. The standard InChI is InChI=1S/C23H21Cl2N5O2.C4H7NO/c1-12-11-30(23(32)17-8-19(25)27-10-18(17)24)7-5-14(12)16-9-20(29-22(31)13-2-3-13)28-21-15(16)4-6-26-21;5-4(6)3-1-2-3/h4-6,8-10,12-13H,2-3,7,11H2,1H3,(H2,26,28,29,31);3H,1-2H2,(H2,5,6). The summed E-state index contributed by atoms with van der Waals surface area (Å²) in [6.07, 6.45) is 9.20. The van der Waals surface area contributed by atoms with Crippen LogP contribution in [0.15, 0.2) is 36.7 Å². The molecule has 0 aromatic carbocycles. The number of pyridine rings is 2. The van der Waals surface area contributed by atoms with Gasteiger partial charge in [0.15, 0.2) is 0 Å². The maximum atomic E-state index is 13.0. The van der Waals surface area contributed by atoms with Crippen LogP contribution in [0.4, 0.5) is 5.82 Å². The summed E-state index contributed by atoms with van der Waals surface area (Å²) in [5.41, 5.74) is 8.04. The molecule has 11 heteroatoms. The van der Waals surface area contributed by atoms with Gasteiger partial charge in [0.05, 0.1) is 10.6 Å². The molecule has 0 radical (unpaired) electrons. The van der Waals surface area contributed by atoms with Gasteiger partial charge in [0.1, 0.15) is 16.6 Å². The quantitative estimate of drug-likeness (QED) is 0.394. The first-order valence-electron chi connectivity index (χ1n) is 12.6. The number of nitrogens with one attached hydrogen (secondary N) is 2. The molecule has 198 valence electrons. The number of carbonyl (C=O) groups excluding carboxylic acids is 3. The number of anilines is 1. The molecule has 38 heavy (non-hydrogen) atoms. The lowest BCUT2D eigenvalue weighted by Crippen LogP contribution is -2.38. The van der Waals surface area contributed by atoms with Gasteiger partial charge in [0.25, 0.3) is 5.91 Å². The number of hydrogen-bond acceptors (Lipinski definition) is 5. The number of hydrogen-bond donors (Lipinski definition) is 3. The van der Waals surface area contributed by atoms with Crippen molar-refractivity contribution >= 4 is 63.3 Å². The summed E-state index contributed by atoms with van der Waals surface area (Å²) >= 11 is 12.1. The predicted molar refractivity (Wildman–Crippen MR) is 147 cm³/mol. The van der Waals surface area contributed by atoms with Crippen molar-refractivity contribution in [3.8, 4) is 0 Å². The van der Waals surface area contributed by atoms with Gasteiger partial charge in [-0.3, -0.25) is 14.4 Å². The number of halogens is 2. The number of carbonyl (C=O) groups is 3. The van der Waals surface area contributed by atoms with Crippen molar-refractivity contribution in [2.45, 2.75) is 32.6 Å². The number of nitrogens with two attached hydrogens (primary N) is 1. The fourth-order valence-electron chi connectivity index (χ4n) is 4.48. The van der Waals surface area contributed by atoms with Crippen LogP contribution in [0.3, 0.4) is 0 Å². The third-order valence-corrected chi connectivity index (χ3v) is 7.42. The van der Waals surface area contributed by atoms with Crippen LogP contribution in [0.1, 0.15) is 48.5 Å². The highest BCUT2D eigenvalue weighted by Crippen LogP contribution is 2.35. The molecule has 3 aliphatic rings. The Balaban J connectivity index is 0.000000433. The van der Waals surface area contributed by atoms with Crippen molar-refractivity contribution in [3.63, 3.8) is 0 Å². The third kappa shape index (κ3) is 5.84. The minimum Gasteiger partial charge on any atom is -0.369 e. The Morgan fingerprint density at radius 2 is 1.87 bits per heavy atom. The molecule has 9 nitrogen and oxygen atoms in total. The van der Waals surface area contributed by atoms with Crippen molar-refractivity contribution < 1.29 is 14.4 Å². The van der Waals surface area contributed by atoms with Gasteiger partial charge in [0.2, 0.25) is 11.8 Å². The second-order valence-electron chi connectivity index (χ2n) is 9.99. The number of amides is 3. The highest BCUT2D eigenvalue weighted by molar-refractivity contribution is 6.35. The van der Waals surface area contributed by atoms with Crippen LogP contribution in [0.2, 0.25) is 10.2 Å². The summed E-state index contributed by atoms with van der Waals surface area (Å²) in [6.45, 7) is 3.04. The number of aromatic amines is 1. The summed E-state index contributed by atoms with van der Waals surface area (Å²) in [6, 6.07) is 5.40. The molecular weight excluding hydrogens is 527 g/mol. The fraction of sp³-hybridized carbons (Fsp3) is 0.370. The summed E-state index contributed by atoms with van der Waals surface area (Å²) in [5.74, 6) is 0.651. The summed E-state index contributed by atoms with van der Waals surface area (Å²) in [7, 11) is 0. The number of aromatic nitrogens is 3. The summed E-state index contributed by atoms with van der Waals surface area (Å²) < 4.78 is 0. The normalized spacial score (nSPS) is 18.9. The lowest BCUT2D eigenvalue weighted by atomic mass is 9.89. The first kappa shape index (κ1) is 26.2. The molecule has 0 bridgehead atoms. The first-order chi connectivity index (χ1) is 18.2. The highest BCUT2D eigenvalue weighted by Gasteiger charge is 2.31. The van der Waals surface area contributed by atoms with Crippen molar-refractivity contribution in [2.24, 2.45) is 23.5 Å². The summed E-state index contributed by atoms with van der Waals surface area (Å²) in [4.78, 5) is 48.6. The van der Waals surface area contributed by atoms with Crippen LogP contribution in [-0.4, -0.2) is 50.7 Å². The van der Waals surface area contributed by atoms with Gasteiger partial charge in [0, 0.05) is 42.7 Å². The van der Waals surface area contributed by atoms with E-state index in [1.54, 1.807) is 4.90 Å². The van der Waals surface area contributed by atoms with Gasteiger partial charge >= 0.3 is 0 Å². The average Bonchev–Trinajstić information content (AvgIpc) is 3.82. The Kier molecular flexibility index (Phi) is 7.40. The van der Waals surface area contributed by atoms with Gasteiger partial charge in [-0.2, -0.15) is 0 Å². The molecule has 2 aliphatic carbocycles. The molecule has 4 N–H and O–H groups in total. The zero-order valence-corrected chi connectivity index (χ0v) is 22.4. The molecule has 3 aromatic rings. The van der Waals surface area contributed by atoms with Gasteiger partial charge in [-0.05, 0) is 60.9 Å². The molecular formula is C27H28Cl2N6O3. The summed E-state index contributed by atoms with van der Waals surface area (Å²) in [5, 5.41) is 4.43. The largest absolute Gasteiger partial charge is 0.369 e. The van der Waals surface area contributed by atoms with E-state index >= 15 is 0 Å². The van der Waals surface area contributed by atoms with Crippen molar-refractivity contribution in [3.05, 3.63) is 58.0 Å². The number of rotatable bonds is 5. The molecule has 1 atom stereocenters. The van der Waals surface area contributed by atoms with E-state index in [1.165, 1.54) is 12.3 Å². The van der Waals surface area contributed by atoms with Gasteiger partial charge in [-0.15, -0.1) is 0 Å². The minimum absolute atomic E-state index is 0.0182. The van der Waals surface area contributed by atoms with E-state index in [0.717, 1.165) is 47.9 Å². The second-order valence-corrected chi connectivity index (χ2v) is 10.8. The first-order valence-corrected chi connectivity index (χ1v) is 13.4. The topological polar surface area (TPSA) is 134 Å². The van der Waals surface area contributed by atoms with Gasteiger partial charge in [-0.25, -0.2) is 9.97 Å². The van der Waals surface area contributed by atoms with Crippen LogP contribution in [-0.2, 0) is 9.59 Å². The van der Waals surface area contributed by atoms with E-state index in [9.17, 15) is 14.4 Å². The van der Waals surface area contributed by atoms with Crippen LogP contribution in [0.25, 0.3) is 16.6 Å². The zero-order chi connectivity index (χ0) is 27.0. The lowest BCUT2D eigenvalue weighted by molar-refractivity contribution is -0.119. The molecule has 0 spiro atoms. The van der Waals surface area contributed by atoms with E-state index in [0.29, 0.717) is 24.5 Å². The fourth-order valence-corrected chi connectivity index (χ4v) is 4.83. The van der Waals surface area contributed by atoms with Crippen molar-refractivity contribution in [1.82, 2.24) is 19.9 Å².